The first-order valence-corrected chi connectivity index (χ1v) is 5.82. The molecule has 0 atom stereocenters. The summed E-state index contributed by atoms with van der Waals surface area (Å²) >= 11 is 0. The van der Waals surface area contributed by atoms with E-state index in [0.717, 1.165) is 0 Å². The fraction of sp³-hybridized carbons (Fsp3) is 1.00. The van der Waals surface area contributed by atoms with Crippen molar-refractivity contribution in [2.45, 2.75) is 16.4 Å². The predicted molar refractivity (Wildman–Crippen MR) is 34.6 cm³/mol. The van der Waals surface area contributed by atoms with E-state index in [4.69, 9.17) is 0 Å². The van der Waals surface area contributed by atoms with Gasteiger partial charge in [-0.3, -0.25) is 0 Å². The van der Waals surface area contributed by atoms with Crippen LogP contribution in [0.1, 0.15) is 0 Å². The quantitative estimate of drug-likeness (QED) is 0.274. The molecule has 0 spiro atoms. The van der Waals surface area contributed by atoms with E-state index in [1.54, 1.807) is 0 Å². The number of rotatable bonds is 4. The zero-order valence-electron chi connectivity index (χ0n) is 8.00. The van der Waals surface area contributed by atoms with Gasteiger partial charge >= 0.3 is 95.5 Å². The maximum absolute atomic E-state index is 12.3. The Kier molecular flexibility index (Phi) is 6.83. The van der Waals surface area contributed by atoms with Crippen molar-refractivity contribution >= 4 is 20.3 Å². The Bertz CT molecular complexity index is 463. The summed E-state index contributed by atoms with van der Waals surface area (Å²) in [5.74, 6) is -7.27. The molecule has 0 aliphatic carbocycles. The second-order valence-corrected chi connectivity index (χ2v) is 5.31. The summed E-state index contributed by atoms with van der Waals surface area (Å²) in [5, 5.41) is -14.1. The summed E-state index contributed by atoms with van der Waals surface area (Å²) in [6.45, 7) is 0. The predicted octanol–water partition coefficient (Wildman–Crippen LogP) is -2.34. The van der Waals surface area contributed by atoms with Crippen molar-refractivity contribution in [2.24, 2.45) is 0 Å². The van der Waals surface area contributed by atoms with Crippen molar-refractivity contribution in [3.05, 3.63) is 0 Å². The van der Waals surface area contributed by atoms with Crippen LogP contribution in [0.4, 0.5) is 30.2 Å². The number of hydrogen-bond acceptors (Lipinski definition) is 5. The monoisotopic (exact) mass is 446 g/mol. The maximum Gasteiger partial charge on any atom is 1.00 e. The van der Waals surface area contributed by atoms with Crippen LogP contribution in [0.5, 0.6) is 0 Å². The molecular formula is C3CsF7O5S2. The molecule has 0 aliphatic heterocycles. The first-order chi connectivity index (χ1) is 7.00. The van der Waals surface area contributed by atoms with Crippen LogP contribution in [0.25, 0.3) is 0 Å². The second-order valence-electron chi connectivity index (χ2n) is 2.50. The van der Waals surface area contributed by atoms with Crippen LogP contribution in [0.15, 0.2) is 0 Å². The minimum Gasteiger partial charge on any atom is -0.743 e. The van der Waals surface area contributed by atoms with Crippen LogP contribution in [-0.2, 0) is 20.3 Å². The van der Waals surface area contributed by atoms with E-state index in [9.17, 15) is 51.6 Å². The van der Waals surface area contributed by atoms with Gasteiger partial charge < -0.3 is 4.55 Å². The molecule has 0 amide bonds. The molecule has 0 aromatic heterocycles. The van der Waals surface area contributed by atoms with Crippen molar-refractivity contribution in [2.75, 3.05) is 0 Å². The van der Waals surface area contributed by atoms with E-state index >= 15 is 0 Å². The van der Waals surface area contributed by atoms with E-state index in [1.807, 2.05) is 0 Å². The molecule has 0 aromatic rings. The van der Waals surface area contributed by atoms with Gasteiger partial charge in [-0.1, -0.05) is 3.89 Å². The van der Waals surface area contributed by atoms with Crippen LogP contribution in [-0.4, -0.2) is 37.8 Å². The summed E-state index contributed by atoms with van der Waals surface area (Å²) in [5.41, 5.74) is 0. The summed E-state index contributed by atoms with van der Waals surface area (Å²) in [7, 11) is -14.9. The molecule has 0 unspecified atom stereocenters. The zero-order valence-corrected chi connectivity index (χ0v) is 15.9. The molecule has 0 bridgehead atoms. The normalized spacial score (nSPS) is 15.1. The fourth-order valence-corrected chi connectivity index (χ4v) is 1.42. The minimum atomic E-state index is -7.57. The van der Waals surface area contributed by atoms with Gasteiger partial charge in [0.1, 0.15) is 0 Å². The van der Waals surface area contributed by atoms with Crippen molar-refractivity contribution < 1.29 is 121 Å². The first-order valence-electron chi connectivity index (χ1n) is 3.03. The molecule has 0 radical (unpaired) electrons. The van der Waals surface area contributed by atoms with Crippen molar-refractivity contribution in [3.63, 3.8) is 0 Å². The smallest absolute Gasteiger partial charge is 0.743 e. The molecule has 0 aromatic carbocycles. The molecule has 5 nitrogen and oxygen atoms in total. The third-order valence-corrected chi connectivity index (χ3v) is 3.10. The maximum atomic E-state index is 12.3. The SMILES string of the molecule is O=S(=O)([O-])C(F)(F)C(F)(F)C(F)(F)S(=O)(=O)F.[Cs+]. The molecular weight excluding hydrogens is 446 g/mol. The van der Waals surface area contributed by atoms with Gasteiger partial charge in [-0.15, -0.1) is 0 Å². The average Bonchev–Trinajstić information content (AvgIpc) is 1.98. The molecule has 0 saturated carbocycles. The van der Waals surface area contributed by atoms with Crippen molar-refractivity contribution in [1.82, 2.24) is 0 Å². The molecule has 0 saturated heterocycles. The first kappa shape index (κ1) is 21.7. The van der Waals surface area contributed by atoms with E-state index in [-0.39, 0.29) is 68.9 Å². The molecule has 18 heavy (non-hydrogen) atoms. The summed E-state index contributed by atoms with van der Waals surface area (Å²) in [6, 6.07) is 0. The third-order valence-electron chi connectivity index (χ3n) is 1.35. The van der Waals surface area contributed by atoms with Gasteiger partial charge in [0.05, 0.1) is 0 Å². The third kappa shape index (κ3) is 3.36. The number of halogens is 7. The van der Waals surface area contributed by atoms with Gasteiger partial charge in [-0.2, -0.15) is 34.8 Å². The van der Waals surface area contributed by atoms with Crippen molar-refractivity contribution in [1.29, 1.82) is 0 Å². The molecule has 0 rings (SSSR count). The van der Waals surface area contributed by atoms with Gasteiger partial charge in [0, 0.05) is 0 Å². The van der Waals surface area contributed by atoms with E-state index in [0.29, 0.717) is 0 Å². The van der Waals surface area contributed by atoms with Gasteiger partial charge in [0.2, 0.25) is 0 Å². The molecule has 0 N–H and O–H groups in total. The second kappa shape index (κ2) is 5.66. The van der Waals surface area contributed by atoms with Gasteiger partial charge in [0.15, 0.2) is 10.1 Å². The summed E-state index contributed by atoms with van der Waals surface area (Å²) in [4.78, 5) is 0. The van der Waals surface area contributed by atoms with Gasteiger partial charge in [-0.05, 0) is 0 Å². The van der Waals surface area contributed by atoms with E-state index < -0.39 is 36.8 Å². The minimum absolute atomic E-state index is 0. The number of alkyl halides is 6. The largest absolute Gasteiger partial charge is 1.00 e. The Balaban J connectivity index is 0. The Labute approximate surface area is 154 Å². The fourth-order valence-electron chi connectivity index (χ4n) is 0.480. The van der Waals surface area contributed by atoms with Crippen molar-refractivity contribution in [3.8, 4) is 0 Å². The summed E-state index contributed by atoms with van der Waals surface area (Å²) < 4.78 is 133. The van der Waals surface area contributed by atoms with Gasteiger partial charge in [0.25, 0.3) is 0 Å². The molecule has 104 valence electrons. The Morgan fingerprint density at radius 1 is 0.778 bits per heavy atom. The topological polar surface area (TPSA) is 91.3 Å². The van der Waals surface area contributed by atoms with Crippen LogP contribution >= 0.6 is 0 Å². The molecule has 0 fully saturated rings. The van der Waals surface area contributed by atoms with Crippen LogP contribution in [0, 0.1) is 0 Å². The zero-order chi connectivity index (χ0) is 14.5. The standard InChI is InChI=1S/C3HF7O5S2.Cs/c4-1(5,2(6,7)16(10,11)12)3(8,9)17(13,14)15;/h(H,13,14,15);/q;+1/p-1. The van der Waals surface area contributed by atoms with E-state index in [1.165, 1.54) is 0 Å². The summed E-state index contributed by atoms with van der Waals surface area (Å²) in [6.07, 6.45) is 0. The molecule has 0 aliphatic rings. The van der Waals surface area contributed by atoms with Crippen LogP contribution in [0.2, 0.25) is 0 Å². The molecule has 15 heteroatoms. The average molecular weight is 446 g/mol. The van der Waals surface area contributed by atoms with Crippen LogP contribution in [0.3, 0.4) is 0 Å². The van der Waals surface area contributed by atoms with E-state index in [2.05, 4.69) is 0 Å². The Morgan fingerprint density at radius 3 is 1.22 bits per heavy atom. The number of hydrogen-bond donors (Lipinski definition) is 0. The Hall–Kier alpha value is 1.42. The Morgan fingerprint density at radius 2 is 1.06 bits per heavy atom. The molecule has 0 heterocycles. The van der Waals surface area contributed by atoms with Crippen LogP contribution < -0.4 is 68.9 Å². The van der Waals surface area contributed by atoms with Gasteiger partial charge in [-0.25, -0.2) is 8.42 Å².